The maximum Gasteiger partial charge on any atom is 0.326 e. The van der Waals surface area contributed by atoms with Crippen LogP contribution in [0.2, 0.25) is 0 Å². The monoisotopic (exact) mass is 348 g/mol. The molecular formula is C18H24N2O5. The summed E-state index contributed by atoms with van der Waals surface area (Å²) in [7, 11) is 1.53. The van der Waals surface area contributed by atoms with Gasteiger partial charge in [-0.25, -0.2) is 4.79 Å². The van der Waals surface area contributed by atoms with Crippen molar-refractivity contribution in [1.82, 2.24) is 10.2 Å². The highest BCUT2D eigenvalue weighted by atomic mass is 16.5. The molecule has 2 amide bonds. The summed E-state index contributed by atoms with van der Waals surface area (Å²) in [5, 5.41) is 11.9. The second-order valence-electron chi connectivity index (χ2n) is 6.08. The molecule has 0 saturated carbocycles. The molecule has 25 heavy (non-hydrogen) atoms. The normalized spacial score (nSPS) is 20.1. The maximum absolute atomic E-state index is 12.4. The molecule has 136 valence electrons. The van der Waals surface area contributed by atoms with E-state index in [0.717, 1.165) is 5.56 Å². The van der Waals surface area contributed by atoms with E-state index in [1.807, 2.05) is 30.3 Å². The van der Waals surface area contributed by atoms with Crippen LogP contribution in [-0.4, -0.2) is 60.6 Å². The number of likely N-dealkylation sites (tertiary alicyclic amines) is 1. The van der Waals surface area contributed by atoms with Crippen LogP contribution in [0.5, 0.6) is 0 Å². The molecule has 1 aromatic rings. The van der Waals surface area contributed by atoms with E-state index in [2.05, 4.69) is 5.32 Å². The van der Waals surface area contributed by atoms with Crippen molar-refractivity contribution in [2.45, 2.75) is 25.3 Å². The highest BCUT2D eigenvalue weighted by Gasteiger charge is 2.37. The van der Waals surface area contributed by atoms with Crippen molar-refractivity contribution in [2.24, 2.45) is 5.92 Å². The van der Waals surface area contributed by atoms with Crippen LogP contribution in [0.1, 0.15) is 18.4 Å². The minimum atomic E-state index is -1.05. The lowest BCUT2D eigenvalue weighted by Gasteiger charge is -2.36. The smallest absolute Gasteiger partial charge is 0.326 e. The van der Waals surface area contributed by atoms with E-state index in [4.69, 9.17) is 4.74 Å². The number of nitrogens with one attached hydrogen (secondary N) is 1. The largest absolute Gasteiger partial charge is 0.480 e. The fraction of sp³-hybridized carbons (Fsp3) is 0.500. The number of hydrogen-bond donors (Lipinski definition) is 2. The summed E-state index contributed by atoms with van der Waals surface area (Å²) in [5.41, 5.74) is 1.11. The minimum Gasteiger partial charge on any atom is -0.480 e. The van der Waals surface area contributed by atoms with E-state index in [0.29, 0.717) is 19.4 Å². The summed E-state index contributed by atoms with van der Waals surface area (Å²) in [4.78, 5) is 36.8. The molecule has 2 atom stereocenters. The van der Waals surface area contributed by atoms with Gasteiger partial charge in [0, 0.05) is 13.6 Å². The van der Waals surface area contributed by atoms with Crippen molar-refractivity contribution in [2.75, 3.05) is 26.8 Å². The van der Waals surface area contributed by atoms with Gasteiger partial charge in [-0.1, -0.05) is 30.3 Å². The number of carbonyl (C=O) groups is 3. The molecular weight excluding hydrogens is 324 g/mol. The SMILES string of the molecule is CNC(=O)[C@H]1CC[C@@H](C(=O)O)N(C(=O)COCCc2ccccc2)C1. The first kappa shape index (κ1) is 18.9. The van der Waals surface area contributed by atoms with Gasteiger partial charge in [0.25, 0.3) is 0 Å². The van der Waals surface area contributed by atoms with Gasteiger partial charge in [0.05, 0.1) is 12.5 Å². The number of piperidine rings is 1. The van der Waals surface area contributed by atoms with Crippen LogP contribution in [0, 0.1) is 5.92 Å². The summed E-state index contributed by atoms with van der Waals surface area (Å²) in [6, 6.07) is 8.86. The Kier molecular flexibility index (Phi) is 6.94. The standard InChI is InChI=1S/C18H24N2O5/c1-19-17(22)14-7-8-15(18(23)24)20(11-14)16(21)12-25-10-9-13-5-3-2-4-6-13/h2-6,14-15H,7-12H2,1H3,(H,19,22)(H,23,24)/t14-,15-/m0/s1. The Morgan fingerprint density at radius 1 is 1.24 bits per heavy atom. The fourth-order valence-electron chi connectivity index (χ4n) is 3.00. The first-order chi connectivity index (χ1) is 12.0. The number of carboxylic acid groups (broad SMARTS) is 1. The molecule has 2 rings (SSSR count). The van der Waals surface area contributed by atoms with Crippen LogP contribution in [0.3, 0.4) is 0 Å². The van der Waals surface area contributed by atoms with E-state index in [1.165, 1.54) is 11.9 Å². The summed E-state index contributed by atoms with van der Waals surface area (Å²) >= 11 is 0. The second-order valence-corrected chi connectivity index (χ2v) is 6.08. The van der Waals surface area contributed by atoms with Crippen molar-refractivity contribution < 1.29 is 24.2 Å². The molecule has 7 nitrogen and oxygen atoms in total. The molecule has 2 N–H and O–H groups in total. The molecule has 1 aliphatic rings. The number of carbonyl (C=O) groups excluding carboxylic acids is 2. The van der Waals surface area contributed by atoms with Gasteiger partial charge in [0.1, 0.15) is 12.6 Å². The van der Waals surface area contributed by atoms with Crippen LogP contribution in [-0.2, 0) is 25.5 Å². The molecule has 0 spiro atoms. The first-order valence-corrected chi connectivity index (χ1v) is 8.38. The zero-order valence-electron chi connectivity index (χ0n) is 14.3. The lowest BCUT2D eigenvalue weighted by Crippen LogP contribution is -2.54. The van der Waals surface area contributed by atoms with Crippen molar-refractivity contribution in [3.8, 4) is 0 Å². The zero-order chi connectivity index (χ0) is 18.2. The topological polar surface area (TPSA) is 95.9 Å². The van der Waals surface area contributed by atoms with Crippen LogP contribution >= 0.6 is 0 Å². The molecule has 1 aromatic carbocycles. The predicted molar refractivity (Wildman–Crippen MR) is 90.9 cm³/mol. The zero-order valence-corrected chi connectivity index (χ0v) is 14.3. The molecule has 0 aliphatic carbocycles. The summed E-state index contributed by atoms with van der Waals surface area (Å²) in [6.07, 6.45) is 1.40. The predicted octanol–water partition coefficient (Wildman–Crippen LogP) is 0.684. The lowest BCUT2D eigenvalue weighted by atomic mass is 9.92. The Balaban J connectivity index is 1.87. The Morgan fingerprint density at radius 3 is 2.60 bits per heavy atom. The lowest BCUT2D eigenvalue weighted by molar-refractivity contribution is -0.156. The number of benzene rings is 1. The molecule has 1 fully saturated rings. The van der Waals surface area contributed by atoms with Gasteiger partial charge in [-0.15, -0.1) is 0 Å². The van der Waals surface area contributed by atoms with Gasteiger partial charge >= 0.3 is 5.97 Å². The number of carboxylic acids is 1. The van der Waals surface area contributed by atoms with Gasteiger partial charge in [-0.3, -0.25) is 9.59 Å². The number of nitrogens with zero attached hydrogens (tertiary/aromatic N) is 1. The number of hydrogen-bond acceptors (Lipinski definition) is 4. The Labute approximate surface area is 147 Å². The highest BCUT2D eigenvalue weighted by Crippen LogP contribution is 2.23. The van der Waals surface area contributed by atoms with Crippen molar-refractivity contribution in [3.63, 3.8) is 0 Å². The molecule has 0 unspecified atom stereocenters. The summed E-state index contributed by atoms with van der Waals surface area (Å²) < 4.78 is 5.42. The maximum atomic E-state index is 12.4. The van der Waals surface area contributed by atoms with Crippen LogP contribution in [0.25, 0.3) is 0 Å². The molecule has 7 heteroatoms. The van der Waals surface area contributed by atoms with Gasteiger partial charge < -0.3 is 20.1 Å². The van der Waals surface area contributed by atoms with Crippen molar-refractivity contribution in [3.05, 3.63) is 35.9 Å². The Bertz CT molecular complexity index is 605. The number of rotatable bonds is 7. The molecule has 0 aromatic heterocycles. The van der Waals surface area contributed by atoms with Crippen molar-refractivity contribution in [1.29, 1.82) is 0 Å². The van der Waals surface area contributed by atoms with E-state index in [-0.39, 0.29) is 31.4 Å². The fourth-order valence-corrected chi connectivity index (χ4v) is 3.00. The van der Waals surface area contributed by atoms with Crippen LogP contribution in [0.15, 0.2) is 30.3 Å². The summed E-state index contributed by atoms with van der Waals surface area (Å²) in [5.74, 6) is -2.00. The van der Waals surface area contributed by atoms with Gasteiger partial charge in [-0.05, 0) is 24.8 Å². The van der Waals surface area contributed by atoms with Gasteiger partial charge in [-0.2, -0.15) is 0 Å². The molecule has 0 bridgehead atoms. The Hall–Kier alpha value is -2.41. The molecule has 1 heterocycles. The van der Waals surface area contributed by atoms with Crippen LogP contribution < -0.4 is 5.32 Å². The molecule has 0 radical (unpaired) electrons. The minimum absolute atomic E-state index is 0.109. The number of ether oxygens (including phenoxy) is 1. The Morgan fingerprint density at radius 2 is 1.96 bits per heavy atom. The molecule has 1 aliphatic heterocycles. The third-order valence-electron chi connectivity index (χ3n) is 4.41. The number of amides is 2. The van der Waals surface area contributed by atoms with Gasteiger partial charge in [0.2, 0.25) is 11.8 Å². The third kappa shape index (κ3) is 5.29. The first-order valence-electron chi connectivity index (χ1n) is 8.38. The van der Waals surface area contributed by atoms with Crippen molar-refractivity contribution >= 4 is 17.8 Å². The van der Waals surface area contributed by atoms with E-state index in [1.54, 1.807) is 0 Å². The quantitative estimate of drug-likeness (QED) is 0.707. The average molecular weight is 348 g/mol. The summed E-state index contributed by atoms with van der Waals surface area (Å²) in [6.45, 7) is 0.300. The second kappa shape index (κ2) is 9.17. The van der Waals surface area contributed by atoms with Crippen LogP contribution in [0.4, 0.5) is 0 Å². The number of aliphatic carboxylic acids is 1. The van der Waals surface area contributed by atoms with E-state index >= 15 is 0 Å². The van der Waals surface area contributed by atoms with E-state index < -0.39 is 17.9 Å². The van der Waals surface area contributed by atoms with E-state index in [9.17, 15) is 19.5 Å². The highest BCUT2D eigenvalue weighted by molar-refractivity contribution is 5.86. The van der Waals surface area contributed by atoms with Gasteiger partial charge in [0.15, 0.2) is 0 Å². The average Bonchev–Trinajstić information content (AvgIpc) is 2.64. The third-order valence-corrected chi connectivity index (χ3v) is 4.41. The molecule has 1 saturated heterocycles.